The fourth-order valence-electron chi connectivity index (χ4n) is 1.56. The molecule has 0 saturated carbocycles. The monoisotopic (exact) mass is 266 g/mol. The minimum absolute atomic E-state index is 0.0289. The fraction of sp³-hybridized carbons (Fsp3) is 0.273. The molecule has 0 atom stereocenters. The summed E-state index contributed by atoms with van der Waals surface area (Å²) >= 11 is 3.34. The van der Waals surface area contributed by atoms with E-state index in [0.717, 1.165) is 10.3 Å². The normalized spacial score (nSPS) is 15.3. The van der Waals surface area contributed by atoms with Crippen molar-refractivity contribution in [3.63, 3.8) is 0 Å². The minimum Gasteiger partial charge on any atom is -0.295 e. The summed E-state index contributed by atoms with van der Waals surface area (Å²) in [7, 11) is 0. The Morgan fingerprint density at radius 3 is 2.60 bits per heavy atom. The molecule has 4 heteroatoms. The third kappa shape index (κ3) is 2.09. The van der Waals surface area contributed by atoms with Crippen LogP contribution < -0.4 is 0 Å². The van der Waals surface area contributed by atoms with E-state index in [1.807, 2.05) is 31.2 Å². The van der Waals surface area contributed by atoms with Crippen LogP contribution in [0.3, 0.4) is 0 Å². The number of carbonyl (C=O) groups is 1. The zero-order valence-electron chi connectivity index (χ0n) is 8.40. The Kier molecular flexibility index (Phi) is 2.86. The summed E-state index contributed by atoms with van der Waals surface area (Å²) in [6.45, 7) is 3.28. The molecule has 2 rings (SSSR count). The zero-order chi connectivity index (χ0) is 10.8. The van der Waals surface area contributed by atoms with Gasteiger partial charge in [0.25, 0.3) is 5.91 Å². The van der Waals surface area contributed by atoms with Gasteiger partial charge >= 0.3 is 0 Å². The van der Waals surface area contributed by atoms with Gasteiger partial charge in [-0.05, 0) is 31.2 Å². The lowest BCUT2D eigenvalue weighted by Crippen LogP contribution is -2.32. The number of aliphatic imine (C=N–C) groups is 1. The minimum atomic E-state index is 0.0289. The van der Waals surface area contributed by atoms with Crippen LogP contribution in [0.15, 0.2) is 33.7 Å². The summed E-state index contributed by atoms with van der Waals surface area (Å²) in [5, 5.41) is 0. The lowest BCUT2D eigenvalue weighted by Gasteiger charge is -2.15. The van der Waals surface area contributed by atoms with E-state index < -0.39 is 0 Å². The van der Waals surface area contributed by atoms with Crippen molar-refractivity contribution < 1.29 is 4.79 Å². The van der Waals surface area contributed by atoms with Gasteiger partial charge in [0.05, 0.1) is 6.54 Å². The Hall–Kier alpha value is -1.16. The zero-order valence-corrected chi connectivity index (χ0v) is 9.99. The number of benzene rings is 1. The summed E-state index contributed by atoms with van der Waals surface area (Å²) in [6.07, 6.45) is 0. The third-order valence-electron chi connectivity index (χ3n) is 2.39. The Labute approximate surface area is 96.9 Å². The molecule has 1 aromatic carbocycles. The van der Waals surface area contributed by atoms with Crippen molar-refractivity contribution in [2.24, 2.45) is 4.99 Å². The van der Waals surface area contributed by atoms with Crippen LogP contribution >= 0.6 is 15.9 Å². The Balaban J connectivity index is 2.21. The van der Waals surface area contributed by atoms with Crippen LogP contribution in [-0.2, 0) is 0 Å². The Morgan fingerprint density at radius 1 is 1.40 bits per heavy atom. The predicted molar refractivity (Wildman–Crippen MR) is 63.2 cm³/mol. The van der Waals surface area contributed by atoms with Gasteiger partial charge in [-0.25, -0.2) is 0 Å². The maximum Gasteiger partial charge on any atom is 0.259 e. The highest BCUT2D eigenvalue weighted by atomic mass is 79.9. The van der Waals surface area contributed by atoms with Crippen molar-refractivity contribution >= 4 is 27.7 Å². The van der Waals surface area contributed by atoms with Crippen molar-refractivity contribution in [2.75, 3.05) is 13.1 Å². The van der Waals surface area contributed by atoms with Crippen LogP contribution in [0, 0.1) is 0 Å². The molecule has 0 N–H and O–H groups in total. The van der Waals surface area contributed by atoms with Crippen molar-refractivity contribution in [2.45, 2.75) is 6.92 Å². The second-order valence-electron chi connectivity index (χ2n) is 3.39. The summed E-state index contributed by atoms with van der Waals surface area (Å²) in [6, 6.07) is 7.38. The summed E-state index contributed by atoms with van der Waals surface area (Å²) in [5.41, 5.74) is 0.703. The van der Waals surface area contributed by atoms with Crippen molar-refractivity contribution in [1.82, 2.24) is 4.90 Å². The quantitative estimate of drug-likeness (QED) is 0.768. The molecule has 3 nitrogen and oxygen atoms in total. The van der Waals surface area contributed by atoms with Gasteiger partial charge in [-0.3, -0.25) is 14.7 Å². The van der Waals surface area contributed by atoms with Crippen molar-refractivity contribution in [3.05, 3.63) is 34.3 Å². The van der Waals surface area contributed by atoms with Crippen molar-refractivity contribution in [3.8, 4) is 0 Å². The molecule has 78 valence electrons. The standard InChI is InChI=1S/C11H11BrN2O/c1-8-13-6-7-14(8)11(15)9-2-4-10(12)5-3-9/h2-5H,6-7H2,1H3. The molecular weight excluding hydrogens is 256 g/mol. The molecule has 1 aliphatic heterocycles. The molecule has 0 bridgehead atoms. The number of hydrogen-bond acceptors (Lipinski definition) is 2. The molecule has 0 unspecified atom stereocenters. The second kappa shape index (κ2) is 4.14. The molecule has 0 aromatic heterocycles. The van der Waals surface area contributed by atoms with Gasteiger partial charge in [-0.15, -0.1) is 0 Å². The molecule has 1 heterocycles. The third-order valence-corrected chi connectivity index (χ3v) is 2.92. The summed E-state index contributed by atoms with van der Waals surface area (Å²) in [5.74, 6) is 0.837. The largest absolute Gasteiger partial charge is 0.295 e. The van der Waals surface area contributed by atoms with E-state index in [9.17, 15) is 4.79 Å². The fourth-order valence-corrected chi connectivity index (χ4v) is 1.82. The maximum atomic E-state index is 12.0. The number of carbonyl (C=O) groups excluding carboxylic acids is 1. The number of amidine groups is 1. The van der Waals surface area contributed by atoms with E-state index >= 15 is 0 Å². The highest BCUT2D eigenvalue weighted by Crippen LogP contribution is 2.13. The molecule has 0 spiro atoms. The highest BCUT2D eigenvalue weighted by Gasteiger charge is 2.21. The van der Waals surface area contributed by atoms with E-state index in [0.29, 0.717) is 18.7 Å². The number of rotatable bonds is 1. The molecule has 0 aliphatic carbocycles. The predicted octanol–water partition coefficient (Wildman–Crippen LogP) is 2.32. The van der Waals surface area contributed by atoms with E-state index in [4.69, 9.17) is 0 Å². The van der Waals surface area contributed by atoms with Gasteiger partial charge in [-0.2, -0.15) is 0 Å². The second-order valence-corrected chi connectivity index (χ2v) is 4.31. The number of nitrogens with zero attached hydrogens (tertiary/aromatic N) is 2. The lowest BCUT2D eigenvalue weighted by atomic mass is 10.2. The van der Waals surface area contributed by atoms with E-state index in [-0.39, 0.29) is 5.91 Å². The van der Waals surface area contributed by atoms with Crippen LogP contribution in [-0.4, -0.2) is 29.7 Å². The average molecular weight is 267 g/mol. The molecule has 1 amide bonds. The number of amides is 1. The molecule has 0 radical (unpaired) electrons. The SMILES string of the molecule is CC1=NCCN1C(=O)c1ccc(Br)cc1. The first-order valence-corrected chi connectivity index (χ1v) is 5.56. The summed E-state index contributed by atoms with van der Waals surface area (Å²) in [4.78, 5) is 17.9. The first kappa shape index (κ1) is 10.4. The first-order valence-electron chi connectivity index (χ1n) is 4.77. The Bertz CT molecular complexity index is 411. The average Bonchev–Trinajstić information content (AvgIpc) is 2.65. The molecule has 1 aliphatic rings. The molecule has 0 saturated heterocycles. The van der Waals surface area contributed by atoms with E-state index in [1.165, 1.54) is 0 Å². The van der Waals surface area contributed by atoms with Crippen molar-refractivity contribution in [1.29, 1.82) is 0 Å². The van der Waals surface area contributed by atoms with Crippen LogP contribution in [0.4, 0.5) is 0 Å². The van der Waals surface area contributed by atoms with Gasteiger partial charge in [0.2, 0.25) is 0 Å². The molecule has 1 aromatic rings. The summed E-state index contributed by atoms with van der Waals surface area (Å²) < 4.78 is 0.978. The highest BCUT2D eigenvalue weighted by molar-refractivity contribution is 9.10. The number of hydrogen-bond donors (Lipinski definition) is 0. The van der Waals surface area contributed by atoms with Crippen LogP contribution in [0.2, 0.25) is 0 Å². The van der Waals surface area contributed by atoms with Crippen LogP contribution in [0.5, 0.6) is 0 Å². The van der Waals surface area contributed by atoms with E-state index in [2.05, 4.69) is 20.9 Å². The van der Waals surface area contributed by atoms with Gasteiger partial charge in [0, 0.05) is 16.6 Å². The van der Waals surface area contributed by atoms with Crippen LogP contribution in [0.25, 0.3) is 0 Å². The van der Waals surface area contributed by atoms with Crippen LogP contribution in [0.1, 0.15) is 17.3 Å². The number of halogens is 1. The topological polar surface area (TPSA) is 32.7 Å². The van der Waals surface area contributed by atoms with Gasteiger partial charge in [0.1, 0.15) is 5.84 Å². The maximum absolute atomic E-state index is 12.0. The van der Waals surface area contributed by atoms with Gasteiger partial charge in [0.15, 0.2) is 0 Å². The molecular formula is C11H11BrN2O. The molecule has 0 fully saturated rings. The van der Waals surface area contributed by atoms with Gasteiger partial charge < -0.3 is 0 Å². The van der Waals surface area contributed by atoms with Gasteiger partial charge in [-0.1, -0.05) is 15.9 Å². The first-order chi connectivity index (χ1) is 7.18. The Morgan fingerprint density at radius 2 is 2.07 bits per heavy atom. The lowest BCUT2D eigenvalue weighted by molar-refractivity contribution is 0.0857. The van der Waals surface area contributed by atoms with E-state index in [1.54, 1.807) is 4.90 Å². The molecule has 15 heavy (non-hydrogen) atoms. The smallest absolute Gasteiger partial charge is 0.259 e.